The van der Waals surface area contributed by atoms with Crippen molar-refractivity contribution in [1.29, 1.82) is 0 Å². The second kappa shape index (κ2) is 7.41. The smallest absolute Gasteiger partial charge is 0.282 e. The fourth-order valence-electron chi connectivity index (χ4n) is 1.73. The molecule has 0 bridgehead atoms. The van der Waals surface area contributed by atoms with Gasteiger partial charge in [0, 0.05) is 4.88 Å². The third-order valence-corrected chi connectivity index (χ3v) is 5.51. The number of alkyl halides is 3. The Kier molecular flexibility index (Phi) is 6.40. The first kappa shape index (κ1) is 21.6. The number of thiophene rings is 1. The molecule has 2 N–H and O–H groups in total. The number of benzene rings is 1. The summed E-state index contributed by atoms with van der Waals surface area (Å²) in [4.78, 5) is 0.978. The van der Waals surface area contributed by atoms with Gasteiger partial charge in [0.2, 0.25) is 0 Å². The molecule has 0 aliphatic carbocycles. The largest absolute Gasteiger partial charge is 0.522 e. The van der Waals surface area contributed by atoms with Gasteiger partial charge >= 0.3 is 15.6 Å². The van der Waals surface area contributed by atoms with Crippen LogP contribution in [0.1, 0.15) is 11.1 Å². The summed E-state index contributed by atoms with van der Waals surface area (Å²) in [6, 6.07) is 6.91. The van der Waals surface area contributed by atoms with E-state index in [1.807, 2.05) is 24.4 Å². The van der Waals surface area contributed by atoms with Gasteiger partial charge in [-0.25, -0.2) is 0 Å². The number of halogens is 3. The zero-order chi connectivity index (χ0) is 19.6. The van der Waals surface area contributed by atoms with Crippen LogP contribution in [0, 0.1) is 13.8 Å². The van der Waals surface area contributed by atoms with Crippen LogP contribution < -0.4 is 0 Å². The van der Waals surface area contributed by atoms with Crippen molar-refractivity contribution in [3.8, 4) is 10.4 Å². The average Bonchev–Trinajstić information content (AvgIpc) is 2.82. The van der Waals surface area contributed by atoms with Gasteiger partial charge in [-0.1, -0.05) is 12.1 Å². The molecule has 140 valence electrons. The minimum atomic E-state index is -5.84. The lowest BCUT2D eigenvalue weighted by atomic mass is 10.1. The van der Waals surface area contributed by atoms with Gasteiger partial charge in [-0.2, -0.15) is 30.0 Å². The van der Waals surface area contributed by atoms with Crippen molar-refractivity contribution in [1.82, 2.24) is 0 Å². The van der Waals surface area contributed by atoms with Crippen LogP contribution in [0.15, 0.2) is 34.5 Å². The average molecular weight is 418 g/mol. The van der Waals surface area contributed by atoms with Gasteiger partial charge in [0.25, 0.3) is 10.1 Å². The molecule has 2 aromatic rings. The van der Waals surface area contributed by atoms with Gasteiger partial charge in [0.15, 0.2) is 0 Å². The van der Waals surface area contributed by atoms with Gasteiger partial charge < -0.3 is 0 Å². The van der Waals surface area contributed by atoms with Crippen LogP contribution in [-0.2, 0) is 20.2 Å². The van der Waals surface area contributed by atoms with E-state index in [2.05, 4.69) is 0 Å². The van der Waals surface area contributed by atoms with E-state index in [0.717, 1.165) is 16.0 Å². The van der Waals surface area contributed by atoms with E-state index in [4.69, 9.17) is 17.5 Å². The Morgan fingerprint density at radius 1 is 1.04 bits per heavy atom. The van der Waals surface area contributed by atoms with Crippen LogP contribution >= 0.6 is 11.3 Å². The van der Waals surface area contributed by atoms with Crippen molar-refractivity contribution in [2.24, 2.45) is 0 Å². The maximum atomic E-state index is 11.2. The van der Waals surface area contributed by atoms with Crippen LogP contribution in [0.3, 0.4) is 0 Å². The van der Waals surface area contributed by atoms with Crippen molar-refractivity contribution < 1.29 is 39.1 Å². The highest BCUT2D eigenvalue weighted by Crippen LogP contribution is 2.32. The quantitative estimate of drug-likeness (QED) is 0.569. The first-order valence-corrected chi connectivity index (χ1v) is 10.1. The third-order valence-electron chi connectivity index (χ3n) is 2.85. The lowest BCUT2D eigenvalue weighted by Crippen LogP contribution is -2.21. The lowest BCUT2D eigenvalue weighted by molar-refractivity contribution is -0.0510. The summed E-state index contributed by atoms with van der Waals surface area (Å²) in [6.07, 6.45) is 0. The van der Waals surface area contributed by atoms with Crippen LogP contribution in [-0.4, -0.2) is 31.4 Å². The Hall–Kier alpha value is -1.47. The summed E-state index contributed by atoms with van der Waals surface area (Å²) >= 11 is 1.56. The van der Waals surface area contributed by atoms with E-state index in [1.54, 1.807) is 24.3 Å². The predicted molar refractivity (Wildman–Crippen MR) is 86.6 cm³/mol. The summed E-state index contributed by atoms with van der Waals surface area (Å²) in [7, 11) is -9.99. The molecule has 0 aliphatic rings. The molecule has 6 nitrogen and oxygen atoms in total. The van der Waals surface area contributed by atoms with Crippen molar-refractivity contribution in [3.63, 3.8) is 0 Å². The Morgan fingerprint density at radius 2 is 1.56 bits per heavy atom. The molecular weight excluding hydrogens is 405 g/mol. The molecule has 0 amide bonds. The highest BCUT2D eigenvalue weighted by atomic mass is 32.2. The van der Waals surface area contributed by atoms with E-state index >= 15 is 0 Å². The molecule has 0 saturated heterocycles. The monoisotopic (exact) mass is 418 g/mol. The molecule has 1 aromatic heterocycles. The zero-order valence-electron chi connectivity index (χ0n) is 12.8. The SMILES string of the molecule is Cc1csc(-c2cccc(S(=O)(=O)O)c2C)c1.O=S(=O)(O)C(F)(F)F. The topological polar surface area (TPSA) is 109 Å². The Morgan fingerprint density at radius 3 is 1.92 bits per heavy atom. The molecule has 0 radical (unpaired) electrons. The molecule has 0 fully saturated rings. The Bertz CT molecular complexity index is 959. The van der Waals surface area contributed by atoms with Crippen molar-refractivity contribution in [2.45, 2.75) is 24.3 Å². The number of hydrogen-bond donors (Lipinski definition) is 2. The van der Waals surface area contributed by atoms with Gasteiger partial charge in [0.1, 0.15) is 0 Å². The molecule has 2 rings (SSSR count). The van der Waals surface area contributed by atoms with Crippen LogP contribution in [0.4, 0.5) is 13.2 Å². The molecule has 0 unspecified atom stereocenters. The van der Waals surface area contributed by atoms with Crippen molar-refractivity contribution in [3.05, 3.63) is 40.8 Å². The number of aryl methyl sites for hydroxylation is 1. The molecule has 12 heteroatoms. The van der Waals surface area contributed by atoms with E-state index < -0.39 is 25.7 Å². The van der Waals surface area contributed by atoms with Crippen molar-refractivity contribution in [2.75, 3.05) is 0 Å². The number of rotatable bonds is 2. The molecular formula is C13H13F3O6S3. The molecule has 0 saturated carbocycles. The molecule has 0 aliphatic heterocycles. The summed E-state index contributed by atoms with van der Waals surface area (Å²) in [5.74, 6) is 0. The maximum Gasteiger partial charge on any atom is 0.522 e. The second-order valence-corrected chi connectivity index (χ2v) is 8.53. The standard InChI is InChI=1S/C12H12O3S2.CHF3O3S/c1-8-6-11(16-7-8)10-4-3-5-12(9(10)2)17(13,14)15;2-1(3,4)8(5,6)7/h3-7H,1-2H3,(H,13,14,15);(H,5,6,7). The third kappa shape index (κ3) is 5.78. The van der Waals surface area contributed by atoms with E-state index in [0.29, 0.717) is 5.56 Å². The molecule has 0 spiro atoms. The summed E-state index contributed by atoms with van der Waals surface area (Å²) in [6.45, 7) is 3.69. The minimum Gasteiger partial charge on any atom is -0.282 e. The summed E-state index contributed by atoms with van der Waals surface area (Å²) in [5, 5.41) is 2.01. The highest BCUT2D eigenvalue weighted by Gasteiger charge is 2.44. The van der Waals surface area contributed by atoms with E-state index in [1.165, 1.54) is 6.07 Å². The lowest BCUT2D eigenvalue weighted by Gasteiger charge is -2.07. The van der Waals surface area contributed by atoms with E-state index in [-0.39, 0.29) is 4.90 Å². The molecule has 25 heavy (non-hydrogen) atoms. The fourth-order valence-corrected chi connectivity index (χ4v) is 3.46. The summed E-state index contributed by atoms with van der Waals surface area (Å²) < 4.78 is 89.1. The van der Waals surface area contributed by atoms with Crippen LogP contribution in [0.5, 0.6) is 0 Å². The van der Waals surface area contributed by atoms with Gasteiger partial charge in [-0.05, 0) is 48.1 Å². The second-order valence-electron chi connectivity index (χ2n) is 4.81. The Labute approximate surface area is 146 Å². The van der Waals surface area contributed by atoms with Crippen LogP contribution in [0.2, 0.25) is 0 Å². The molecule has 0 atom stereocenters. The van der Waals surface area contributed by atoms with E-state index in [9.17, 15) is 21.6 Å². The molecule has 1 heterocycles. The number of hydrogen-bond acceptors (Lipinski definition) is 5. The van der Waals surface area contributed by atoms with Crippen molar-refractivity contribution >= 4 is 31.6 Å². The van der Waals surface area contributed by atoms with Gasteiger partial charge in [-0.3, -0.25) is 9.11 Å². The Balaban J connectivity index is 0.000000333. The molecule has 1 aromatic carbocycles. The minimum absolute atomic E-state index is 0.0268. The van der Waals surface area contributed by atoms with Crippen LogP contribution in [0.25, 0.3) is 10.4 Å². The normalized spacial score (nSPS) is 12.4. The highest BCUT2D eigenvalue weighted by molar-refractivity contribution is 7.86. The van der Waals surface area contributed by atoms with Gasteiger partial charge in [0.05, 0.1) is 4.90 Å². The maximum absolute atomic E-state index is 11.2. The van der Waals surface area contributed by atoms with Gasteiger partial charge in [-0.15, -0.1) is 11.3 Å². The predicted octanol–water partition coefficient (Wildman–Crippen LogP) is 3.67. The first-order valence-electron chi connectivity index (χ1n) is 6.31. The fraction of sp³-hybridized carbons (Fsp3) is 0.231. The zero-order valence-corrected chi connectivity index (χ0v) is 15.2. The first-order chi connectivity index (χ1) is 11.1. The summed E-state index contributed by atoms with van der Waals surface area (Å²) in [5.41, 5.74) is -2.97.